The molecule has 0 unspecified atom stereocenters. The molecule has 1 aromatic heterocycles. The maximum atomic E-state index is 4.41. The highest BCUT2D eigenvalue weighted by atomic mass is 127. The van der Waals surface area contributed by atoms with Gasteiger partial charge in [-0.1, -0.05) is 13.8 Å². The summed E-state index contributed by atoms with van der Waals surface area (Å²) in [4.78, 5) is 8.44. The lowest BCUT2D eigenvalue weighted by Gasteiger charge is -2.10. The minimum atomic E-state index is -0.153. The lowest BCUT2D eigenvalue weighted by Crippen LogP contribution is -1.98. The van der Waals surface area contributed by atoms with Crippen LogP contribution in [0.4, 0.5) is 5.82 Å². The number of rotatable bonds is 1. The van der Waals surface area contributed by atoms with Crippen LogP contribution in [-0.2, 0) is 0 Å². The molecule has 0 amide bonds. The minimum Gasteiger partial charge on any atom is -0.240 e. The summed E-state index contributed by atoms with van der Waals surface area (Å²) in [6.07, 6.45) is 3.73. The van der Waals surface area contributed by atoms with E-state index in [4.69, 9.17) is 0 Å². The van der Waals surface area contributed by atoms with Crippen molar-refractivity contribution in [3.8, 4) is 0 Å². The largest absolute Gasteiger partial charge is 0.240 e. The Morgan fingerprint density at radius 1 is 1.31 bits per heavy atom. The zero-order valence-electron chi connectivity index (χ0n) is 7.53. The van der Waals surface area contributed by atoms with Crippen LogP contribution in [0.3, 0.4) is 0 Å². The van der Waals surface area contributed by atoms with Crippen molar-refractivity contribution in [3.63, 3.8) is 0 Å². The summed E-state index contributed by atoms with van der Waals surface area (Å²) < 4.78 is 6.56. The topological polar surface area (TPSA) is 38.1 Å². The summed E-state index contributed by atoms with van der Waals surface area (Å²) in [6.45, 7) is 4.28. The molecule has 3 nitrogen and oxygen atoms in total. The predicted molar refractivity (Wildman–Crippen MR) is 61.3 cm³/mol. The first-order chi connectivity index (χ1) is 6.29. The normalized spacial score (nSPS) is 14.1. The van der Waals surface area contributed by atoms with Crippen molar-refractivity contribution in [1.29, 1.82) is 0 Å². The number of nitrogens with zero attached hydrogens (tertiary/aromatic N) is 3. The number of halogens is 1. The third kappa shape index (κ3) is 1.67. The molecule has 0 spiro atoms. The van der Waals surface area contributed by atoms with E-state index in [2.05, 4.69) is 37.1 Å². The fourth-order valence-corrected chi connectivity index (χ4v) is 2.58. The summed E-state index contributed by atoms with van der Waals surface area (Å²) in [5, 5.41) is 0. The van der Waals surface area contributed by atoms with Crippen LogP contribution in [0.25, 0.3) is 6.08 Å². The second-order valence-electron chi connectivity index (χ2n) is 3.13. The molecule has 0 saturated heterocycles. The van der Waals surface area contributed by atoms with E-state index in [9.17, 15) is 0 Å². The minimum absolute atomic E-state index is 0.153. The molecule has 68 valence electrons. The summed E-state index contributed by atoms with van der Waals surface area (Å²) in [7, 11) is 0. The second kappa shape index (κ2) is 3.61. The van der Waals surface area contributed by atoms with Crippen LogP contribution in [0.5, 0.6) is 0 Å². The SMILES string of the molecule is CC(C)c1ncnc2c1C=CI=N2. The molecule has 0 N–H and O–H groups in total. The van der Waals surface area contributed by atoms with Crippen LogP contribution in [0.2, 0.25) is 0 Å². The molecule has 0 aliphatic carbocycles. The molecule has 0 fully saturated rings. The molecule has 0 radical (unpaired) electrons. The number of hydrogen-bond acceptors (Lipinski definition) is 3. The van der Waals surface area contributed by atoms with E-state index in [1.165, 1.54) is 0 Å². The number of aromatic nitrogens is 2. The summed E-state index contributed by atoms with van der Waals surface area (Å²) in [6, 6.07) is 0. The molecule has 0 atom stereocenters. The zero-order chi connectivity index (χ0) is 9.26. The Balaban J connectivity index is 2.60. The summed E-state index contributed by atoms with van der Waals surface area (Å²) >= 11 is -0.153. The Labute approximate surface area is 87.5 Å². The van der Waals surface area contributed by atoms with E-state index >= 15 is 0 Å². The fourth-order valence-electron chi connectivity index (χ4n) is 1.25. The molecule has 1 aliphatic heterocycles. The molecule has 13 heavy (non-hydrogen) atoms. The third-order valence-corrected chi connectivity index (χ3v) is 3.27. The molecule has 1 aliphatic rings. The van der Waals surface area contributed by atoms with Gasteiger partial charge in [0.25, 0.3) is 0 Å². The smallest absolute Gasteiger partial charge is 0.168 e. The molecule has 2 heterocycles. The van der Waals surface area contributed by atoms with Crippen LogP contribution in [0.1, 0.15) is 31.0 Å². The standard InChI is InChI=1S/C9H10IN3/c1-6(2)8-7-3-4-10-13-9(7)12-5-11-8/h3-6H,1-2H3. The van der Waals surface area contributed by atoms with Crippen LogP contribution >= 0.6 is 21.0 Å². The Hall–Kier alpha value is -0.650. The van der Waals surface area contributed by atoms with Crippen molar-refractivity contribution in [2.45, 2.75) is 19.8 Å². The van der Waals surface area contributed by atoms with Crippen molar-refractivity contribution >= 4 is 32.9 Å². The maximum Gasteiger partial charge on any atom is 0.168 e. The quantitative estimate of drug-likeness (QED) is 0.743. The predicted octanol–water partition coefficient (Wildman–Crippen LogP) is 3.37. The van der Waals surface area contributed by atoms with E-state index < -0.39 is 0 Å². The van der Waals surface area contributed by atoms with Gasteiger partial charge in [0.1, 0.15) is 6.33 Å². The maximum absolute atomic E-state index is 4.41. The van der Waals surface area contributed by atoms with E-state index in [0.717, 1.165) is 17.1 Å². The van der Waals surface area contributed by atoms with Gasteiger partial charge in [0.15, 0.2) is 5.82 Å². The van der Waals surface area contributed by atoms with E-state index in [-0.39, 0.29) is 21.0 Å². The van der Waals surface area contributed by atoms with Gasteiger partial charge in [-0.15, -0.1) is 0 Å². The molecule has 0 bridgehead atoms. The molecule has 0 saturated carbocycles. The zero-order valence-corrected chi connectivity index (χ0v) is 9.69. The lowest BCUT2D eigenvalue weighted by molar-refractivity contribution is 0.811. The Kier molecular flexibility index (Phi) is 2.48. The van der Waals surface area contributed by atoms with Gasteiger partial charge in [0, 0.05) is 26.6 Å². The first-order valence-electron chi connectivity index (χ1n) is 4.14. The van der Waals surface area contributed by atoms with Gasteiger partial charge in [-0.05, 0) is 16.1 Å². The molecule has 0 aromatic carbocycles. The summed E-state index contributed by atoms with van der Waals surface area (Å²) in [5.74, 6) is 1.32. The van der Waals surface area contributed by atoms with Crippen LogP contribution in [0, 0.1) is 0 Å². The van der Waals surface area contributed by atoms with E-state index in [1.54, 1.807) is 6.33 Å². The Morgan fingerprint density at radius 3 is 2.92 bits per heavy atom. The highest BCUT2D eigenvalue weighted by Gasteiger charge is 2.12. The molecular formula is C9H10IN3. The van der Waals surface area contributed by atoms with E-state index in [0.29, 0.717) is 5.92 Å². The first kappa shape index (κ1) is 8.93. The van der Waals surface area contributed by atoms with Gasteiger partial charge in [0.2, 0.25) is 0 Å². The van der Waals surface area contributed by atoms with Crippen molar-refractivity contribution in [2.24, 2.45) is 3.15 Å². The van der Waals surface area contributed by atoms with Gasteiger partial charge in [-0.25, -0.2) is 13.1 Å². The van der Waals surface area contributed by atoms with Crippen molar-refractivity contribution < 1.29 is 0 Å². The van der Waals surface area contributed by atoms with Gasteiger partial charge in [-0.3, -0.25) is 0 Å². The number of hydrogen-bond donors (Lipinski definition) is 0. The van der Waals surface area contributed by atoms with Gasteiger partial charge in [-0.2, -0.15) is 0 Å². The first-order valence-corrected chi connectivity index (χ1v) is 6.35. The average Bonchev–Trinajstić information content (AvgIpc) is 2.17. The fraction of sp³-hybridized carbons (Fsp3) is 0.333. The van der Waals surface area contributed by atoms with Crippen LogP contribution in [-0.4, -0.2) is 9.97 Å². The van der Waals surface area contributed by atoms with Crippen molar-refractivity contribution in [2.75, 3.05) is 0 Å². The molecular weight excluding hydrogens is 277 g/mol. The monoisotopic (exact) mass is 287 g/mol. The summed E-state index contributed by atoms with van der Waals surface area (Å²) in [5.41, 5.74) is 2.22. The van der Waals surface area contributed by atoms with Crippen LogP contribution in [0.15, 0.2) is 13.6 Å². The van der Waals surface area contributed by atoms with E-state index in [1.807, 2.05) is 0 Å². The highest BCUT2D eigenvalue weighted by molar-refractivity contribution is 14.2. The van der Waals surface area contributed by atoms with Crippen molar-refractivity contribution in [1.82, 2.24) is 9.97 Å². The Morgan fingerprint density at radius 2 is 2.15 bits per heavy atom. The van der Waals surface area contributed by atoms with Crippen molar-refractivity contribution in [3.05, 3.63) is 21.7 Å². The van der Waals surface area contributed by atoms with Gasteiger partial charge >= 0.3 is 0 Å². The molecule has 4 heteroatoms. The third-order valence-electron chi connectivity index (χ3n) is 1.86. The van der Waals surface area contributed by atoms with Crippen LogP contribution < -0.4 is 0 Å². The second-order valence-corrected chi connectivity index (χ2v) is 4.88. The average molecular weight is 287 g/mol. The van der Waals surface area contributed by atoms with Gasteiger partial charge in [0.05, 0.1) is 5.69 Å². The highest BCUT2D eigenvalue weighted by Crippen LogP contribution is 2.32. The lowest BCUT2D eigenvalue weighted by atomic mass is 10.0. The number of fused-ring (bicyclic) bond motifs is 1. The Bertz CT molecular complexity index is 382. The van der Waals surface area contributed by atoms with Gasteiger partial charge < -0.3 is 0 Å². The molecule has 2 rings (SSSR count). The molecule has 1 aromatic rings.